The highest BCUT2D eigenvalue weighted by molar-refractivity contribution is 6.31. The van der Waals surface area contributed by atoms with Crippen LogP contribution in [-0.4, -0.2) is 5.91 Å². The van der Waals surface area contributed by atoms with E-state index >= 15 is 0 Å². The highest BCUT2D eigenvalue weighted by Crippen LogP contribution is 2.20. The first-order chi connectivity index (χ1) is 11.1. The summed E-state index contributed by atoms with van der Waals surface area (Å²) in [5, 5.41) is 15.3. The summed E-state index contributed by atoms with van der Waals surface area (Å²) in [6, 6.07) is 16.8. The van der Waals surface area contributed by atoms with Crippen molar-refractivity contribution in [1.82, 2.24) is 5.32 Å². The zero-order valence-electron chi connectivity index (χ0n) is 12.6. The minimum atomic E-state index is -0.479. The van der Waals surface area contributed by atoms with Crippen molar-refractivity contribution in [2.75, 3.05) is 5.32 Å². The van der Waals surface area contributed by atoms with Gasteiger partial charge in [-0.2, -0.15) is 5.26 Å². The molecule has 5 heteroatoms. The number of carbonyl (C=O) groups is 1. The minimum absolute atomic E-state index is 0.00220. The summed E-state index contributed by atoms with van der Waals surface area (Å²) in [6.45, 7) is 2.41. The Morgan fingerprint density at radius 2 is 2.00 bits per heavy atom. The summed E-state index contributed by atoms with van der Waals surface area (Å²) in [6.07, 6.45) is 1.41. The first kappa shape index (κ1) is 16.6. The van der Waals surface area contributed by atoms with Crippen molar-refractivity contribution in [2.24, 2.45) is 0 Å². The Morgan fingerprint density at radius 3 is 2.65 bits per heavy atom. The molecule has 2 aromatic rings. The third kappa shape index (κ3) is 4.87. The second kappa shape index (κ2) is 8.02. The Labute approximate surface area is 140 Å². The number of rotatable bonds is 5. The molecule has 1 amide bonds. The van der Waals surface area contributed by atoms with Crippen molar-refractivity contribution in [1.29, 1.82) is 5.26 Å². The Bertz CT molecular complexity index is 764. The molecule has 0 aliphatic rings. The molecule has 0 spiro atoms. The van der Waals surface area contributed by atoms with Crippen LogP contribution in [0.25, 0.3) is 0 Å². The van der Waals surface area contributed by atoms with E-state index in [2.05, 4.69) is 10.6 Å². The molecule has 0 unspecified atom stereocenters. The number of amides is 1. The summed E-state index contributed by atoms with van der Waals surface area (Å²) in [5.41, 5.74) is 2.53. The molecule has 0 aromatic heterocycles. The van der Waals surface area contributed by atoms with Gasteiger partial charge in [0.05, 0.1) is 0 Å². The standard InChI is InChI=1S/C18H16ClN3O/c1-13-7-8-16(9-17(13)19)22-18(23)15(10-20)12-21-11-14-5-3-2-4-6-14/h2-9,12,21H,11H2,1H3,(H,22,23)/b15-12-. The molecule has 0 saturated carbocycles. The molecule has 0 bridgehead atoms. The van der Waals surface area contributed by atoms with Gasteiger partial charge in [0.25, 0.3) is 5.91 Å². The average Bonchev–Trinajstić information content (AvgIpc) is 2.56. The summed E-state index contributed by atoms with van der Waals surface area (Å²) in [4.78, 5) is 12.1. The Kier molecular flexibility index (Phi) is 5.79. The maximum atomic E-state index is 12.1. The molecule has 2 N–H and O–H groups in total. The van der Waals surface area contributed by atoms with Crippen molar-refractivity contribution in [3.63, 3.8) is 0 Å². The number of anilines is 1. The van der Waals surface area contributed by atoms with Crippen molar-refractivity contribution in [3.8, 4) is 6.07 Å². The predicted molar refractivity (Wildman–Crippen MR) is 91.8 cm³/mol. The van der Waals surface area contributed by atoms with Gasteiger partial charge in [-0.1, -0.05) is 48.0 Å². The van der Waals surface area contributed by atoms with E-state index < -0.39 is 5.91 Å². The lowest BCUT2D eigenvalue weighted by Gasteiger charge is -2.07. The van der Waals surface area contributed by atoms with E-state index in [9.17, 15) is 4.79 Å². The van der Waals surface area contributed by atoms with Crippen LogP contribution in [0.15, 0.2) is 60.3 Å². The number of halogens is 1. The van der Waals surface area contributed by atoms with Crippen LogP contribution in [0, 0.1) is 18.3 Å². The van der Waals surface area contributed by atoms with Crippen molar-refractivity contribution in [3.05, 3.63) is 76.5 Å². The van der Waals surface area contributed by atoms with Crippen LogP contribution < -0.4 is 10.6 Å². The summed E-state index contributed by atoms with van der Waals surface area (Å²) in [5.74, 6) is -0.479. The molecule has 2 aromatic carbocycles. The molecule has 2 rings (SSSR count). The lowest BCUT2D eigenvalue weighted by atomic mass is 10.2. The van der Waals surface area contributed by atoms with E-state index in [1.807, 2.05) is 43.3 Å². The largest absolute Gasteiger partial charge is 0.386 e. The molecule has 0 heterocycles. The van der Waals surface area contributed by atoms with E-state index in [4.69, 9.17) is 16.9 Å². The van der Waals surface area contributed by atoms with Gasteiger partial charge < -0.3 is 10.6 Å². The van der Waals surface area contributed by atoms with Crippen molar-refractivity contribution < 1.29 is 4.79 Å². The molecular weight excluding hydrogens is 310 g/mol. The predicted octanol–water partition coefficient (Wildman–Crippen LogP) is 3.78. The number of aryl methyl sites for hydroxylation is 1. The summed E-state index contributed by atoms with van der Waals surface area (Å²) < 4.78 is 0. The number of benzene rings is 2. The van der Waals surface area contributed by atoms with Crippen LogP contribution in [-0.2, 0) is 11.3 Å². The third-order valence-corrected chi connectivity index (χ3v) is 3.60. The van der Waals surface area contributed by atoms with E-state index in [0.717, 1.165) is 11.1 Å². The minimum Gasteiger partial charge on any atom is -0.386 e. The normalized spacial score (nSPS) is 10.7. The lowest BCUT2D eigenvalue weighted by Crippen LogP contribution is -2.16. The zero-order chi connectivity index (χ0) is 16.7. The van der Waals surface area contributed by atoms with Crippen LogP contribution in [0.2, 0.25) is 5.02 Å². The molecule has 0 fully saturated rings. The summed E-state index contributed by atoms with van der Waals surface area (Å²) in [7, 11) is 0. The van der Waals surface area contributed by atoms with Gasteiger partial charge in [0.1, 0.15) is 11.6 Å². The van der Waals surface area contributed by atoms with E-state index in [1.54, 1.807) is 18.2 Å². The average molecular weight is 326 g/mol. The van der Waals surface area contributed by atoms with Crippen LogP contribution >= 0.6 is 11.6 Å². The fourth-order valence-corrected chi connectivity index (χ4v) is 2.06. The van der Waals surface area contributed by atoms with Gasteiger partial charge in [0.15, 0.2) is 0 Å². The molecular formula is C18H16ClN3O. The Morgan fingerprint density at radius 1 is 1.26 bits per heavy atom. The highest BCUT2D eigenvalue weighted by Gasteiger charge is 2.09. The fraction of sp³-hybridized carbons (Fsp3) is 0.111. The highest BCUT2D eigenvalue weighted by atomic mass is 35.5. The van der Waals surface area contributed by atoms with E-state index in [1.165, 1.54) is 6.20 Å². The van der Waals surface area contributed by atoms with Gasteiger partial charge in [-0.25, -0.2) is 0 Å². The van der Waals surface area contributed by atoms with Gasteiger partial charge in [0.2, 0.25) is 0 Å². The topological polar surface area (TPSA) is 64.9 Å². The molecule has 4 nitrogen and oxygen atoms in total. The fourth-order valence-electron chi connectivity index (χ4n) is 1.88. The quantitative estimate of drug-likeness (QED) is 0.649. The molecule has 0 aliphatic carbocycles. The number of hydrogen-bond acceptors (Lipinski definition) is 3. The van der Waals surface area contributed by atoms with Crippen LogP contribution in [0.5, 0.6) is 0 Å². The van der Waals surface area contributed by atoms with Crippen molar-refractivity contribution >= 4 is 23.2 Å². The summed E-state index contributed by atoms with van der Waals surface area (Å²) >= 11 is 6.02. The Balaban J connectivity index is 1.99. The first-order valence-electron chi connectivity index (χ1n) is 7.05. The molecule has 0 saturated heterocycles. The van der Waals surface area contributed by atoms with Crippen molar-refractivity contribution in [2.45, 2.75) is 13.5 Å². The molecule has 116 valence electrons. The molecule has 23 heavy (non-hydrogen) atoms. The van der Waals surface area contributed by atoms with E-state index in [-0.39, 0.29) is 5.57 Å². The SMILES string of the molecule is Cc1ccc(NC(=O)/C(C#N)=C\NCc2ccccc2)cc1Cl. The number of nitrogens with zero attached hydrogens (tertiary/aromatic N) is 1. The Hall–Kier alpha value is -2.77. The van der Waals surface area contributed by atoms with Crippen LogP contribution in [0.1, 0.15) is 11.1 Å². The van der Waals surface area contributed by atoms with E-state index in [0.29, 0.717) is 17.3 Å². The van der Waals surface area contributed by atoms with Gasteiger partial charge in [0, 0.05) is 23.5 Å². The second-order valence-electron chi connectivity index (χ2n) is 4.95. The number of carbonyl (C=O) groups excluding carboxylic acids is 1. The smallest absolute Gasteiger partial charge is 0.267 e. The van der Waals surface area contributed by atoms with Gasteiger partial charge in [-0.15, -0.1) is 0 Å². The maximum Gasteiger partial charge on any atom is 0.267 e. The van der Waals surface area contributed by atoms with Crippen LogP contribution in [0.4, 0.5) is 5.69 Å². The molecule has 0 atom stereocenters. The van der Waals surface area contributed by atoms with Crippen LogP contribution in [0.3, 0.4) is 0 Å². The number of nitrogens with one attached hydrogen (secondary N) is 2. The van der Waals surface area contributed by atoms with Gasteiger partial charge >= 0.3 is 0 Å². The lowest BCUT2D eigenvalue weighted by molar-refractivity contribution is -0.112. The van der Waals surface area contributed by atoms with Gasteiger partial charge in [-0.3, -0.25) is 4.79 Å². The number of hydrogen-bond donors (Lipinski definition) is 2. The zero-order valence-corrected chi connectivity index (χ0v) is 13.4. The first-order valence-corrected chi connectivity index (χ1v) is 7.43. The van der Waals surface area contributed by atoms with Gasteiger partial charge in [-0.05, 0) is 30.2 Å². The second-order valence-corrected chi connectivity index (χ2v) is 5.36. The monoisotopic (exact) mass is 325 g/mol. The molecule has 0 radical (unpaired) electrons. The third-order valence-electron chi connectivity index (χ3n) is 3.19. The maximum absolute atomic E-state index is 12.1. The molecule has 0 aliphatic heterocycles. The number of nitriles is 1.